The van der Waals surface area contributed by atoms with E-state index in [-0.39, 0.29) is 5.91 Å². The Morgan fingerprint density at radius 3 is 2.67 bits per heavy atom. The fourth-order valence-electron chi connectivity index (χ4n) is 1.99. The maximum absolute atomic E-state index is 10.9. The average Bonchev–Trinajstić information content (AvgIpc) is 2.55. The van der Waals surface area contributed by atoms with E-state index in [1.54, 1.807) is 6.21 Å². The summed E-state index contributed by atoms with van der Waals surface area (Å²) < 4.78 is 12.3. The van der Waals surface area contributed by atoms with E-state index in [0.29, 0.717) is 24.7 Å². The first-order chi connectivity index (χ1) is 11.6. The molecule has 0 aliphatic heterocycles. The van der Waals surface area contributed by atoms with Gasteiger partial charge in [0.05, 0.1) is 17.3 Å². The van der Waals surface area contributed by atoms with Crippen LogP contribution in [0.5, 0.6) is 11.5 Å². The van der Waals surface area contributed by atoms with Gasteiger partial charge < -0.3 is 9.47 Å². The molecule has 2 rings (SSSR count). The zero-order valence-corrected chi connectivity index (χ0v) is 15.2. The van der Waals surface area contributed by atoms with E-state index in [0.717, 1.165) is 15.6 Å². The first-order valence-electron chi connectivity index (χ1n) is 7.53. The molecule has 2 aromatic carbocycles. The molecule has 1 amide bonds. The maximum atomic E-state index is 10.9. The molecule has 5 nitrogen and oxygen atoms in total. The Morgan fingerprint density at radius 2 is 2.00 bits per heavy atom. The molecule has 0 heterocycles. The van der Waals surface area contributed by atoms with Gasteiger partial charge in [0.1, 0.15) is 6.61 Å². The van der Waals surface area contributed by atoms with Crippen molar-refractivity contribution in [2.24, 2.45) is 5.10 Å². The molecule has 0 fully saturated rings. The van der Waals surface area contributed by atoms with Gasteiger partial charge in [-0.2, -0.15) is 5.10 Å². The fraction of sp³-hybridized carbons (Fsp3) is 0.222. The summed E-state index contributed by atoms with van der Waals surface area (Å²) in [5, 5.41) is 3.86. The highest BCUT2D eigenvalue weighted by Crippen LogP contribution is 2.37. The highest BCUT2D eigenvalue weighted by Gasteiger charge is 2.12. The molecule has 2 aromatic rings. The molecule has 0 spiro atoms. The topological polar surface area (TPSA) is 59.9 Å². The molecule has 6 heteroatoms. The van der Waals surface area contributed by atoms with Crippen LogP contribution in [0.25, 0.3) is 0 Å². The van der Waals surface area contributed by atoms with Crippen LogP contribution in [0.2, 0.25) is 0 Å². The van der Waals surface area contributed by atoms with E-state index in [1.165, 1.54) is 6.92 Å². The number of hydrazone groups is 1. The highest BCUT2D eigenvalue weighted by atomic mass is 79.9. The third kappa shape index (κ3) is 5.38. The van der Waals surface area contributed by atoms with Crippen LogP contribution in [0.3, 0.4) is 0 Å². The molecule has 24 heavy (non-hydrogen) atoms. The molecule has 0 unspecified atom stereocenters. The fourth-order valence-corrected chi connectivity index (χ4v) is 2.57. The maximum Gasteiger partial charge on any atom is 0.236 e. The first-order valence-corrected chi connectivity index (χ1v) is 8.32. The largest absolute Gasteiger partial charge is 0.490 e. The number of halogens is 1. The van der Waals surface area contributed by atoms with Gasteiger partial charge in [-0.3, -0.25) is 4.79 Å². The Morgan fingerprint density at radius 1 is 1.25 bits per heavy atom. The van der Waals surface area contributed by atoms with Gasteiger partial charge in [-0.1, -0.05) is 30.3 Å². The summed E-state index contributed by atoms with van der Waals surface area (Å²) in [4.78, 5) is 10.9. The highest BCUT2D eigenvalue weighted by molar-refractivity contribution is 9.10. The first kappa shape index (κ1) is 18.0. The zero-order valence-electron chi connectivity index (χ0n) is 13.6. The monoisotopic (exact) mass is 390 g/mol. The molecule has 0 aliphatic carbocycles. The molecule has 0 bridgehead atoms. The second-order valence-electron chi connectivity index (χ2n) is 4.96. The number of nitrogens with zero attached hydrogens (tertiary/aromatic N) is 1. The summed E-state index contributed by atoms with van der Waals surface area (Å²) >= 11 is 3.51. The lowest BCUT2D eigenvalue weighted by atomic mass is 10.2. The number of carbonyl (C=O) groups is 1. The third-order valence-corrected chi connectivity index (χ3v) is 3.58. The minimum Gasteiger partial charge on any atom is -0.490 e. The molecule has 0 atom stereocenters. The van der Waals surface area contributed by atoms with E-state index in [2.05, 4.69) is 26.5 Å². The molecule has 0 saturated heterocycles. The van der Waals surface area contributed by atoms with Gasteiger partial charge in [-0.05, 0) is 46.1 Å². The van der Waals surface area contributed by atoms with Crippen LogP contribution in [0.15, 0.2) is 52.0 Å². The second-order valence-corrected chi connectivity index (χ2v) is 5.82. The van der Waals surface area contributed by atoms with E-state index >= 15 is 0 Å². The molecule has 0 saturated carbocycles. The molecular formula is C18H19BrN2O3. The van der Waals surface area contributed by atoms with Crippen molar-refractivity contribution in [3.63, 3.8) is 0 Å². The van der Waals surface area contributed by atoms with Crippen molar-refractivity contribution in [2.45, 2.75) is 20.5 Å². The average molecular weight is 391 g/mol. The van der Waals surface area contributed by atoms with Gasteiger partial charge in [0.2, 0.25) is 5.91 Å². The lowest BCUT2D eigenvalue weighted by Crippen LogP contribution is -2.12. The van der Waals surface area contributed by atoms with Gasteiger partial charge >= 0.3 is 0 Å². The smallest absolute Gasteiger partial charge is 0.236 e. The van der Waals surface area contributed by atoms with E-state index < -0.39 is 0 Å². The number of amides is 1. The number of ether oxygens (including phenoxy) is 2. The summed E-state index contributed by atoms with van der Waals surface area (Å²) in [6.45, 7) is 4.27. The number of rotatable bonds is 7. The van der Waals surface area contributed by atoms with Crippen LogP contribution < -0.4 is 14.9 Å². The van der Waals surface area contributed by atoms with Crippen molar-refractivity contribution in [2.75, 3.05) is 6.61 Å². The van der Waals surface area contributed by atoms with Crippen molar-refractivity contribution in [3.05, 3.63) is 58.1 Å². The SMILES string of the molecule is CCOc1cc(/C=N\NC(C)=O)cc(Br)c1OCc1ccccc1. The van der Waals surface area contributed by atoms with E-state index in [9.17, 15) is 4.79 Å². The normalized spacial score (nSPS) is 10.6. The number of nitrogens with one attached hydrogen (secondary N) is 1. The Balaban J connectivity index is 2.20. The van der Waals surface area contributed by atoms with Crippen molar-refractivity contribution in [1.29, 1.82) is 0 Å². The summed E-state index contributed by atoms with van der Waals surface area (Å²) in [6, 6.07) is 13.6. The molecule has 0 aliphatic rings. The van der Waals surface area contributed by atoms with Gasteiger partial charge in [-0.25, -0.2) is 5.43 Å². The Kier molecular flexibility index (Phi) is 6.81. The summed E-state index contributed by atoms with van der Waals surface area (Å²) in [5.41, 5.74) is 4.23. The van der Waals surface area contributed by atoms with E-state index in [1.807, 2.05) is 49.4 Å². The van der Waals surface area contributed by atoms with Crippen molar-refractivity contribution >= 4 is 28.1 Å². The summed E-state index contributed by atoms with van der Waals surface area (Å²) in [7, 11) is 0. The quantitative estimate of drug-likeness (QED) is 0.575. The minimum atomic E-state index is -0.224. The van der Waals surface area contributed by atoms with Crippen LogP contribution in [0, 0.1) is 0 Å². The minimum absolute atomic E-state index is 0.224. The molecule has 126 valence electrons. The van der Waals surface area contributed by atoms with Crippen molar-refractivity contribution in [3.8, 4) is 11.5 Å². The summed E-state index contributed by atoms with van der Waals surface area (Å²) in [5.74, 6) is 1.03. The molecule has 1 N–H and O–H groups in total. The predicted octanol–water partition coefficient (Wildman–Crippen LogP) is 3.90. The number of carbonyl (C=O) groups excluding carboxylic acids is 1. The van der Waals surface area contributed by atoms with Gasteiger partial charge in [-0.15, -0.1) is 0 Å². The van der Waals surface area contributed by atoms with Gasteiger partial charge in [0, 0.05) is 6.92 Å². The second kappa shape index (κ2) is 9.08. The number of hydrogen-bond donors (Lipinski definition) is 1. The lowest BCUT2D eigenvalue weighted by Gasteiger charge is -2.14. The predicted molar refractivity (Wildman–Crippen MR) is 97.5 cm³/mol. The van der Waals surface area contributed by atoms with E-state index in [4.69, 9.17) is 9.47 Å². The molecule has 0 radical (unpaired) electrons. The van der Waals surface area contributed by atoms with Crippen molar-refractivity contribution in [1.82, 2.24) is 5.43 Å². The standard InChI is InChI=1S/C18H19BrN2O3/c1-3-23-17-10-15(11-20-21-13(2)22)9-16(19)18(17)24-12-14-7-5-4-6-8-14/h4-11H,3,12H2,1-2H3,(H,21,22)/b20-11-. The van der Waals surface area contributed by atoms with Gasteiger partial charge in [0.25, 0.3) is 0 Å². The Bertz CT molecular complexity index is 718. The van der Waals surface area contributed by atoms with Crippen LogP contribution in [0.4, 0.5) is 0 Å². The van der Waals surface area contributed by atoms with Crippen LogP contribution in [-0.2, 0) is 11.4 Å². The number of benzene rings is 2. The zero-order chi connectivity index (χ0) is 17.4. The Hall–Kier alpha value is -2.34. The van der Waals surface area contributed by atoms with Crippen LogP contribution >= 0.6 is 15.9 Å². The third-order valence-electron chi connectivity index (χ3n) is 2.99. The number of hydrogen-bond acceptors (Lipinski definition) is 4. The van der Waals surface area contributed by atoms with Crippen LogP contribution in [-0.4, -0.2) is 18.7 Å². The lowest BCUT2D eigenvalue weighted by molar-refractivity contribution is -0.118. The van der Waals surface area contributed by atoms with Gasteiger partial charge in [0.15, 0.2) is 11.5 Å². The van der Waals surface area contributed by atoms with Crippen molar-refractivity contribution < 1.29 is 14.3 Å². The van der Waals surface area contributed by atoms with Crippen LogP contribution in [0.1, 0.15) is 25.0 Å². The Labute approximate surface area is 149 Å². The molecule has 0 aromatic heterocycles. The summed E-state index contributed by atoms with van der Waals surface area (Å²) in [6.07, 6.45) is 1.55. The molecular weight excluding hydrogens is 372 g/mol.